The zero-order valence-electron chi connectivity index (χ0n) is 9.02. The molecule has 0 radical (unpaired) electrons. The molecule has 86 valence electrons. The van der Waals surface area contributed by atoms with Crippen molar-refractivity contribution in [2.24, 2.45) is 11.7 Å². The van der Waals surface area contributed by atoms with Crippen molar-refractivity contribution in [2.45, 2.75) is 18.5 Å². The van der Waals surface area contributed by atoms with Crippen LogP contribution in [0.5, 0.6) is 5.75 Å². The first-order valence-electron chi connectivity index (χ1n) is 5.68. The summed E-state index contributed by atoms with van der Waals surface area (Å²) in [6.07, 6.45) is 1.16. The lowest BCUT2D eigenvalue weighted by Crippen LogP contribution is -2.44. The first kappa shape index (κ1) is 10.3. The number of phenols is 1. The first-order valence-corrected chi connectivity index (χ1v) is 6.84. The van der Waals surface area contributed by atoms with Gasteiger partial charge in [0.05, 0.1) is 0 Å². The molecule has 1 aromatic rings. The van der Waals surface area contributed by atoms with E-state index in [2.05, 4.69) is 5.32 Å². The molecule has 3 rings (SSSR count). The van der Waals surface area contributed by atoms with Gasteiger partial charge in [-0.3, -0.25) is 0 Å². The molecular formula is C12H16N2OS. The van der Waals surface area contributed by atoms with Gasteiger partial charge < -0.3 is 16.2 Å². The number of anilines is 1. The number of rotatable bonds is 0. The topological polar surface area (TPSA) is 58.3 Å². The van der Waals surface area contributed by atoms with Crippen LogP contribution in [0.3, 0.4) is 0 Å². The number of aromatic hydroxyl groups is 1. The number of benzene rings is 1. The molecule has 3 atom stereocenters. The van der Waals surface area contributed by atoms with E-state index >= 15 is 0 Å². The predicted molar refractivity (Wildman–Crippen MR) is 67.9 cm³/mol. The monoisotopic (exact) mass is 236 g/mol. The SMILES string of the molecule is NC1c2ccc(O)cc2NC2CCSCC21. The van der Waals surface area contributed by atoms with Crippen LogP contribution in [-0.2, 0) is 0 Å². The Balaban J connectivity index is 1.99. The summed E-state index contributed by atoms with van der Waals surface area (Å²) in [5.74, 6) is 3.17. The van der Waals surface area contributed by atoms with Crippen molar-refractivity contribution in [3.05, 3.63) is 23.8 Å². The summed E-state index contributed by atoms with van der Waals surface area (Å²) in [6, 6.07) is 6.03. The zero-order chi connectivity index (χ0) is 11.1. The van der Waals surface area contributed by atoms with Crippen LogP contribution in [-0.4, -0.2) is 22.7 Å². The lowest BCUT2D eigenvalue weighted by atomic mass is 9.83. The molecule has 1 aromatic carbocycles. The Hall–Kier alpha value is -0.870. The summed E-state index contributed by atoms with van der Waals surface area (Å²) in [5.41, 5.74) is 8.47. The van der Waals surface area contributed by atoms with Gasteiger partial charge in [0.1, 0.15) is 5.75 Å². The Morgan fingerprint density at radius 1 is 1.44 bits per heavy atom. The third kappa shape index (κ3) is 1.57. The molecule has 0 amide bonds. The molecule has 4 N–H and O–H groups in total. The highest BCUT2D eigenvalue weighted by molar-refractivity contribution is 7.99. The van der Waals surface area contributed by atoms with Crippen LogP contribution in [0.25, 0.3) is 0 Å². The fraction of sp³-hybridized carbons (Fsp3) is 0.500. The molecule has 2 aliphatic rings. The van der Waals surface area contributed by atoms with E-state index in [4.69, 9.17) is 5.73 Å². The molecule has 4 heteroatoms. The summed E-state index contributed by atoms with van der Waals surface area (Å²) in [4.78, 5) is 0. The van der Waals surface area contributed by atoms with Gasteiger partial charge in [-0.1, -0.05) is 6.07 Å². The van der Waals surface area contributed by atoms with E-state index in [1.807, 2.05) is 17.8 Å². The highest BCUT2D eigenvalue weighted by Gasteiger charge is 2.36. The van der Waals surface area contributed by atoms with Gasteiger partial charge in [-0.2, -0.15) is 11.8 Å². The van der Waals surface area contributed by atoms with Gasteiger partial charge in [-0.05, 0) is 29.6 Å². The van der Waals surface area contributed by atoms with Crippen LogP contribution in [0.15, 0.2) is 18.2 Å². The quantitative estimate of drug-likeness (QED) is 0.644. The third-order valence-corrected chi connectivity index (χ3v) is 4.74. The van der Waals surface area contributed by atoms with E-state index in [9.17, 15) is 5.11 Å². The van der Waals surface area contributed by atoms with Crippen molar-refractivity contribution < 1.29 is 5.11 Å². The second-order valence-corrected chi connectivity index (χ2v) is 5.73. The van der Waals surface area contributed by atoms with Crippen LogP contribution >= 0.6 is 11.8 Å². The predicted octanol–water partition coefficient (Wildman–Crippen LogP) is 1.94. The highest BCUT2D eigenvalue weighted by atomic mass is 32.2. The number of thioether (sulfide) groups is 1. The van der Waals surface area contributed by atoms with E-state index in [0.29, 0.717) is 17.7 Å². The van der Waals surface area contributed by atoms with Gasteiger partial charge in [0, 0.05) is 29.8 Å². The highest BCUT2D eigenvalue weighted by Crippen LogP contribution is 2.41. The summed E-state index contributed by atoms with van der Waals surface area (Å²) >= 11 is 1.99. The number of nitrogens with two attached hydrogens (primary N) is 1. The maximum atomic E-state index is 9.49. The summed E-state index contributed by atoms with van der Waals surface area (Å²) in [6.45, 7) is 0. The Bertz CT molecular complexity index is 410. The van der Waals surface area contributed by atoms with Gasteiger partial charge in [-0.15, -0.1) is 0 Å². The van der Waals surface area contributed by atoms with Gasteiger partial charge in [-0.25, -0.2) is 0 Å². The molecule has 2 aliphatic heterocycles. The average molecular weight is 236 g/mol. The summed E-state index contributed by atoms with van der Waals surface area (Å²) in [7, 11) is 0. The third-order valence-electron chi connectivity index (χ3n) is 3.60. The van der Waals surface area contributed by atoms with Crippen molar-refractivity contribution in [2.75, 3.05) is 16.8 Å². The Morgan fingerprint density at radius 3 is 3.19 bits per heavy atom. The smallest absolute Gasteiger partial charge is 0.117 e. The van der Waals surface area contributed by atoms with Crippen LogP contribution < -0.4 is 11.1 Å². The second-order valence-electron chi connectivity index (χ2n) is 4.58. The van der Waals surface area contributed by atoms with Crippen LogP contribution in [0, 0.1) is 5.92 Å². The molecular weight excluding hydrogens is 220 g/mol. The number of nitrogens with one attached hydrogen (secondary N) is 1. The van der Waals surface area contributed by atoms with Crippen LogP contribution in [0.4, 0.5) is 5.69 Å². The molecule has 16 heavy (non-hydrogen) atoms. The van der Waals surface area contributed by atoms with E-state index in [1.54, 1.807) is 12.1 Å². The van der Waals surface area contributed by atoms with E-state index < -0.39 is 0 Å². The molecule has 0 saturated carbocycles. The fourth-order valence-electron chi connectivity index (χ4n) is 2.68. The lowest BCUT2D eigenvalue weighted by molar-refractivity contribution is 0.380. The van der Waals surface area contributed by atoms with Gasteiger partial charge in [0.2, 0.25) is 0 Å². The minimum Gasteiger partial charge on any atom is -0.508 e. The average Bonchev–Trinajstić information content (AvgIpc) is 2.29. The molecule has 2 heterocycles. The molecule has 1 saturated heterocycles. The normalized spacial score (nSPS) is 32.4. The maximum Gasteiger partial charge on any atom is 0.117 e. The number of phenolic OH excluding ortho intramolecular Hbond substituents is 1. The van der Waals surface area contributed by atoms with E-state index in [-0.39, 0.29) is 6.04 Å². The second kappa shape index (κ2) is 3.86. The standard InChI is InChI=1S/C12H16N2OS/c13-12-8-2-1-7(15)5-11(8)14-10-3-4-16-6-9(10)12/h1-2,5,9-10,12,14-15H,3-4,6,13H2. The molecule has 0 aromatic heterocycles. The van der Waals surface area contributed by atoms with Crippen molar-refractivity contribution >= 4 is 17.4 Å². The van der Waals surface area contributed by atoms with Crippen molar-refractivity contribution in [3.63, 3.8) is 0 Å². The minimum atomic E-state index is 0.106. The number of hydrogen-bond acceptors (Lipinski definition) is 4. The van der Waals surface area contributed by atoms with Crippen molar-refractivity contribution in [3.8, 4) is 5.75 Å². The van der Waals surface area contributed by atoms with Crippen LogP contribution in [0.2, 0.25) is 0 Å². The minimum absolute atomic E-state index is 0.106. The zero-order valence-corrected chi connectivity index (χ0v) is 9.83. The van der Waals surface area contributed by atoms with Crippen molar-refractivity contribution in [1.29, 1.82) is 0 Å². The lowest BCUT2D eigenvalue weighted by Gasteiger charge is -2.41. The molecule has 1 fully saturated rings. The molecule has 0 bridgehead atoms. The first-order chi connectivity index (χ1) is 7.75. The van der Waals surface area contributed by atoms with E-state index in [0.717, 1.165) is 23.4 Å². The van der Waals surface area contributed by atoms with Gasteiger partial charge in [0.15, 0.2) is 0 Å². The van der Waals surface area contributed by atoms with Gasteiger partial charge >= 0.3 is 0 Å². The summed E-state index contributed by atoms with van der Waals surface area (Å²) < 4.78 is 0. The van der Waals surface area contributed by atoms with E-state index in [1.165, 1.54) is 5.75 Å². The molecule has 0 spiro atoms. The fourth-order valence-corrected chi connectivity index (χ4v) is 3.98. The Morgan fingerprint density at radius 2 is 2.31 bits per heavy atom. The number of hydrogen-bond donors (Lipinski definition) is 3. The molecule has 3 nitrogen and oxygen atoms in total. The van der Waals surface area contributed by atoms with Crippen LogP contribution in [0.1, 0.15) is 18.0 Å². The molecule has 0 aliphatic carbocycles. The largest absolute Gasteiger partial charge is 0.508 e. The van der Waals surface area contributed by atoms with Crippen molar-refractivity contribution in [1.82, 2.24) is 0 Å². The Labute approximate surface area is 99.4 Å². The van der Waals surface area contributed by atoms with Gasteiger partial charge in [0.25, 0.3) is 0 Å². The summed E-state index contributed by atoms with van der Waals surface area (Å²) in [5, 5.41) is 13.0. The Kier molecular flexibility index (Phi) is 2.48. The molecule has 3 unspecified atom stereocenters. The maximum absolute atomic E-state index is 9.49. The number of fused-ring (bicyclic) bond motifs is 2.